The minimum Gasteiger partial charge on any atom is -0.508 e. The van der Waals surface area contributed by atoms with Crippen LogP contribution in [0.15, 0.2) is 71.2 Å². The van der Waals surface area contributed by atoms with Crippen LogP contribution in [-0.4, -0.2) is 86.1 Å². The third-order valence-corrected chi connectivity index (χ3v) is 6.85. The van der Waals surface area contributed by atoms with Gasteiger partial charge in [0.05, 0.1) is 25.3 Å². The summed E-state index contributed by atoms with van der Waals surface area (Å²) in [7, 11) is 1.39. The number of carbonyl (C=O) groups is 1. The number of benzene rings is 3. The van der Waals surface area contributed by atoms with E-state index in [0.29, 0.717) is 11.1 Å². The van der Waals surface area contributed by atoms with E-state index in [1.165, 1.54) is 67.8 Å². The molecule has 0 aliphatic carbocycles. The van der Waals surface area contributed by atoms with Crippen molar-refractivity contribution >= 4 is 23.0 Å². The normalized spacial score (nSPS) is 21.8. The number of aliphatic hydroxyl groups is 4. The molecule has 2 heterocycles. The summed E-state index contributed by atoms with van der Waals surface area (Å²) in [6.07, 6.45) is -5.31. The summed E-state index contributed by atoms with van der Waals surface area (Å²) in [6.45, 7) is -0.679. The van der Waals surface area contributed by atoms with Gasteiger partial charge in [-0.25, -0.2) is 9.21 Å². The fraction of sp³-hybridized carbons (Fsp3) is 0.226. The van der Waals surface area contributed by atoms with Crippen LogP contribution in [0.1, 0.15) is 5.56 Å². The standard InChI is InChI=1S/C31H28O13/c1-40-23-10-15(2-8-20(23)35)3-9-26(36)41-24-13-19-21(42-30(24)16-4-6-17(33)7-5-16)11-18(34)12-22(19)43-31-29(39)28(38)27(37)25(14-32)44-31/h2-13,25,27-29,31-32,37-39H,14H2,1H3,(H2-,33,34,35,36)/p+1/t25-,27-,28+,29-,31-/m1/s1. The van der Waals surface area contributed by atoms with Gasteiger partial charge in [0.25, 0.3) is 0 Å². The van der Waals surface area contributed by atoms with Crippen molar-refractivity contribution in [3.05, 3.63) is 72.3 Å². The zero-order valence-corrected chi connectivity index (χ0v) is 23.1. The predicted octanol–water partition coefficient (Wildman–Crippen LogP) is 2.30. The molecule has 13 nitrogen and oxygen atoms in total. The Labute approximate surface area is 249 Å². The molecule has 0 amide bonds. The van der Waals surface area contributed by atoms with Crippen LogP contribution in [0.3, 0.4) is 0 Å². The number of carbonyl (C=O) groups excluding carboxylic acids is 1. The molecule has 13 heteroatoms. The quantitative estimate of drug-likeness (QED) is 0.0871. The molecule has 1 fully saturated rings. The SMILES string of the molecule is COc1cc(/C=C/C(=O)Oc2cc3c(O[C@@H]4O[C@H](CO)[C@@H](O)[C@H](O)[C@H]4O)cc(O)cc3[o+]c2-c2ccc(O)cc2)ccc1O. The van der Waals surface area contributed by atoms with E-state index in [0.717, 1.165) is 6.08 Å². The number of fused-ring (bicyclic) bond motifs is 1. The van der Waals surface area contributed by atoms with Gasteiger partial charge in [0.1, 0.15) is 47.1 Å². The van der Waals surface area contributed by atoms with E-state index in [1.807, 2.05) is 0 Å². The number of phenols is 3. The number of aromatic hydroxyl groups is 3. The fourth-order valence-corrected chi connectivity index (χ4v) is 4.55. The second-order valence-corrected chi connectivity index (χ2v) is 9.84. The number of esters is 1. The highest BCUT2D eigenvalue weighted by atomic mass is 16.7. The van der Waals surface area contributed by atoms with Crippen LogP contribution < -0.4 is 14.2 Å². The van der Waals surface area contributed by atoms with Crippen molar-refractivity contribution in [2.75, 3.05) is 13.7 Å². The van der Waals surface area contributed by atoms with Crippen molar-refractivity contribution in [1.82, 2.24) is 0 Å². The molecule has 7 N–H and O–H groups in total. The first kappa shape index (κ1) is 30.5. The van der Waals surface area contributed by atoms with Crippen molar-refractivity contribution < 1.29 is 63.9 Å². The third kappa shape index (κ3) is 6.37. The molecule has 0 saturated carbocycles. The molecule has 5 rings (SSSR count). The summed E-state index contributed by atoms with van der Waals surface area (Å²) in [4.78, 5) is 12.9. The Morgan fingerprint density at radius 1 is 0.886 bits per heavy atom. The van der Waals surface area contributed by atoms with E-state index < -0.39 is 43.3 Å². The van der Waals surface area contributed by atoms with Crippen molar-refractivity contribution in [3.8, 4) is 45.8 Å². The highest BCUT2D eigenvalue weighted by Gasteiger charge is 2.45. The lowest BCUT2D eigenvalue weighted by molar-refractivity contribution is -0.277. The Bertz CT molecular complexity index is 1680. The Morgan fingerprint density at radius 3 is 2.34 bits per heavy atom. The maximum absolute atomic E-state index is 12.9. The second-order valence-electron chi connectivity index (χ2n) is 9.84. The number of rotatable bonds is 8. The number of ether oxygens (including phenoxy) is 4. The van der Waals surface area contributed by atoms with E-state index in [2.05, 4.69) is 0 Å². The summed E-state index contributed by atoms with van der Waals surface area (Å²) in [5, 5.41) is 70.4. The van der Waals surface area contributed by atoms with Gasteiger partial charge in [-0.05, 0) is 48.0 Å². The minimum atomic E-state index is -1.74. The molecule has 230 valence electrons. The van der Waals surface area contributed by atoms with Crippen LogP contribution in [0.2, 0.25) is 0 Å². The minimum absolute atomic E-state index is 0.0202. The molecular weight excluding hydrogens is 580 g/mol. The third-order valence-electron chi connectivity index (χ3n) is 6.85. The maximum Gasteiger partial charge on any atom is 0.402 e. The lowest BCUT2D eigenvalue weighted by Crippen LogP contribution is -2.60. The molecule has 1 aliphatic heterocycles. The highest BCUT2D eigenvalue weighted by Crippen LogP contribution is 2.41. The molecule has 5 atom stereocenters. The highest BCUT2D eigenvalue weighted by molar-refractivity contribution is 5.93. The number of aliphatic hydroxyl groups excluding tert-OH is 4. The molecule has 1 aromatic heterocycles. The molecule has 1 saturated heterocycles. The molecule has 44 heavy (non-hydrogen) atoms. The lowest BCUT2D eigenvalue weighted by atomic mass is 9.99. The number of hydrogen-bond acceptors (Lipinski definition) is 12. The predicted molar refractivity (Wildman–Crippen MR) is 153 cm³/mol. The van der Waals surface area contributed by atoms with Gasteiger partial charge in [0.15, 0.2) is 11.5 Å². The Kier molecular flexibility index (Phi) is 8.85. The van der Waals surface area contributed by atoms with Gasteiger partial charge in [-0.15, -0.1) is 0 Å². The number of phenolic OH excluding ortho intramolecular Hbond substituents is 3. The summed E-state index contributed by atoms with van der Waals surface area (Å²) in [5.41, 5.74) is 0.989. The van der Waals surface area contributed by atoms with Crippen LogP contribution in [0.5, 0.6) is 34.5 Å². The maximum atomic E-state index is 12.9. The van der Waals surface area contributed by atoms with E-state index in [1.54, 1.807) is 6.07 Å². The summed E-state index contributed by atoms with van der Waals surface area (Å²) < 4.78 is 28.0. The van der Waals surface area contributed by atoms with Gasteiger partial charge >= 0.3 is 17.3 Å². The largest absolute Gasteiger partial charge is 0.508 e. The van der Waals surface area contributed by atoms with Crippen molar-refractivity contribution in [2.24, 2.45) is 0 Å². The first-order valence-corrected chi connectivity index (χ1v) is 13.2. The van der Waals surface area contributed by atoms with E-state index in [-0.39, 0.29) is 51.2 Å². The van der Waals surface area contributed by atoms with Gasteiger partial charge in [-0.2, -0.15) is 0 Å². The zero-order chi connectivity index (χ0) is 31.5. The first-order chi connectivity index (χ1) is 21.1. The van der Waals surface area contributed by atoms with Gasteiger partial charge in [0.2, 0.25) is 12.0 Å². The number of hydrogen-bond donors (Lipinski definition) is 7. The zero-order valence-electron chi connectivity index (χ0n) is 23.1. The van der Waals surface area contributed by atoms with Crippen LogP contribution >= 0.6 is 0 Å². The van der Waals surface area contributed by atoms with Gasteiger partial charge < -0.3 is 54.7 Å². The van der Waals surface area contributed by atoms with Gasteiger partial charge in [0, 0.05) is 18.2 Å². The van der Waals surface area contributed by atoms with Crippen molar-refractivity contribution in [1.29, 1.82) is 0 Å². The van der Waals surface area contributed by atoms with Crippen molar-refractivity contribution in [2.45, 2.75) is 30.7 Å². The van der Waals surface area contributed by atoms with Crippen LogP contribution in [0.4, 0.5) is 0 Å². The fourth-order valence-electron chi connectivity index (χ4n) is 4.55. The van der Waals surface area contributed by atoms with E-state index >= 15 is 0 Å². The average molecular weight is 610 g/mol. The van der Waals surface area contributed by atoms with Gasteiger partial charge in [-0.1, -0.05) is 6.07 Å². The molecule has 4 aromatic rings. The molecule has 0 unspecified atom stereocenters. The Balaban J connectivity index is 1.53. The molecular formula is C31H29O13+. The van der Waals surface area contributed by atoms with Crippen LogP contribution in [0.25, 0.3) is 28.4 Å². The summed E-state index contributed by atoms with van der Waals surface area (Å²) >= 11 is 0. The summed E-state index contributed by atoms with van der Waals surface area (Å²) in [6, 6.07) is 14.1. The van der Waals surface area contributed by atoms with E-state index in [9.17, 15) is 40.5 Å². The second kappa shape index (κ2) is 12.8. The number of methoxy groups -OCH3 is 1. The first-order valence-electron chi connectivity index (χ1n) is 13.2. The monoisotopic (exact) mass is 609 g/mol. The Hall–Kier alpha value is -4.92. The Morgan fingerprint density at radius 2 is 1.64 bits per heavy atom. The average Bonchev–Trinajstić information content (AvgIpc) is 3.01. The molecule has 0 spiro atoms. The van der Waals surface area contributed by atoms with Crippen molar-refractivity contribution in [3.63, 3.8) is 0 Å². The lowest BCUT2D eigenvalue weighted by Gasteiger charge is -2.39. The molecule has 3 aromatic carbocycles. The summed E-state index contributed by atoms with van der Waals surface area (Å²) in [5.74, 6) is -1.17. The van der Waals surface area contributed by atoms with E-state index in [4.69, 9.17) is 23.4 Å². The van der Waals surface area contributed by atoms with Crippen LogP contribution in [0, 0.1) is 0 Å². The molecule has 0 radical (unpaired) electrons. The van der Waals surface area contributed by atoms with Crippen LogP contribution in [-0.2, 0) is 9.53 Å². The molecule has 0 bridgehead atoms. The smallest absolute Gasteiger partial charge is 0.402 e. The molecule has 1 aliphatic rings. The van der Waals surface area contributed by atoms with Gasteiger partial charge in [-0.3, -0.25) is 0 Å². The topological polar surface area (TPSA) is 207 Å².